The maximum Gasteiger partial charge on any atom is 0.138 e. The first kappa shape index (κ1) is 18.6. The van der Waals surface area contributed by atoms with Gasteiger partial charge >= 0.3 is 0 Å². The van der Waals surface area contributed by atoms with Crippen molar-refractivity contribution in [2.75, 3.05) is 7.11 Å². The van der Waals surface area contributed by atoms with Gasteiger partial charge in [0.15, 0.2) is 0 Å². The van der Waals surface area contributed by atoms with E-state index in [4.69, 9.17) is 32.9 Å². The van der Waals surface area contributed by atoms with Gasteiger partial charge in [-0.1, -0.05) is 65.7 Å². The SMILES string of the molecule is COc1ccc(-c2nc(-c3cccc(Cl)c3Cl)c(-c3ccccc3)[nH]2)cc1C. The maximum absolute atomic E-state index is 6.50. The lowest BCUT2D eigenvalue weighted by molar-refractivity contribution is 0.412. The van der Waals surface area contributed by atoms with Gasteiger partial charge in [0.05, 0.1) is 28.5 Å². The number of aromatic amines is 1. The van der Waals surface area contributed by atoms with Gasteiger partial charge in [0.2, 0.25) is 0 Å². The summed E-state index contributed by atoms with van der Waals surface area (Å²) in [6, 6.07) is 21.6. The van der Waals surface area contributed by atoms with Crippen LogP contribution in [0.1, 0.15) is 5.56 Å². The van der Waals surface area contributed by atoms with Gasteiger partial charge in [-0.05, 0) is 36.8 Å². The van der Waals surface area contributed by atoms with Crippen molar-refractivity contribution in [3.05, 3.63) is 82.3 Å². The number of hydrogen-bond acceptors (Lipinski definition) is 2. The Labute approximate surface area is 173 Å². The molecule has 0 radical (unpaired) electrons. The minimum Gasteiger partial charge on any atom is -0.496 e. The van der Waals surface area contributed by atoms with Gasteiger partial charge in [0, 0.05) is 16.7 Å². The summed E-state index contributed by atoms with van der Waals surface area (Å²) in [5.41, 5.74) is 5.49. The Hall–Kier alpha value is -2.75. The van der Waals surface area contributed by atoms with Crippen LogP contribution in [-0.2, 0) is 0 Å². The zero-order chi connectivity index (χ0) is 19.7. The third kappa shape index (κ3) is 3.39. The standard InChI is InChI=1S/C23H18Cl2N2O/c1-14-13-16(11-12-19(14)28-2)23-26-21(15-7-4-3-5-8-15)22(27-23)17-9-6-10-18(24)20(17)25/h3-13H,1-2H3,(H,26,27). The first-order chi connectivity index (χ1) is 13.6. The van der Waals surface area contributed by atoms with E-state index in [2.05, 4.69) is 11.1 Å². The van der Waals surface area contributed by atoms with Crippen LogP contribution in [0.15, 0.2) is 66.7 Å². The molecule has 0 fully saturated rings. The highest BCUT2D eigenvalue weighted by molar-refractivity contribution is 6.43. The molecule has 3 aromatic carbocycles. The topological polar surface area (TPSA) is 37.9 Å². The van der Waals surface area contributed by atoms with Gasteiger partial charge < -0.3 is 9.72 Å². The molecule has 0 aliphatic heterocycles. The lowest BCUT2D eigenvalue weighted by Gasteiger charge is -2.06. The summed E-state index contributed by atoms with van der Waals surface area (Å²) in [5.74, 6) is 1.60. The van der Waals surface area contributed by atoms with E-state index in [9.17, 15) is 0 Å². The van der Waals surface area contributed by atoms with Gasteiger partial charge in [-0.2, -0.15) is 0 Å². The molecule has 0 atom stereocenters. The highest BCUT2D eigenvalue weighted by atomic mass is 35.5. The number of rotatable bonds is 4. The van der Waals surface area contributed by atoms with E-state index in [1.165, 1.54) is 0 Å². The molecule has 1 aromatic heterocycles. The Morgan fingerprint density at radius 1 is 0.893 bits per heavy atom. The van der Waals surface area contributed by atoms with Crippen molar-refractivity contribution in [2.24, 2.45) is 0 Å². The molecule has 0 saturated carbocycles. The summed E-state index contributed by atoms with van der Waals surface area (Å²) < 4.78 is 5.37. The highest BCUT2D eigenvalue weighted by Crippen LogP contribution is 2.39. The molecule has 3 nitrogen and oxygen atoms in total. The molecule has 4 aromatic rings. The molecule has 0 aliphatic carbocycles. The fourth-order valence-electron chi connectivity index (χ4n) is 3.23. The zero-order valence-corrected chi connectivity index (χ0v) is 17.0. The fourth-order valence-corrected chi connectivity index (χ4v) is 3.62. The Morgan fingerprint density at radius 2 is 1.68 bits per heavy atom. The number of halogens is 2. The van der Waals surface area contributed by atoms with E-state index >= 15 is 0 Å². The minimum absolute atomic E-state index is 0.491. The average molecular weight is 409 g/mol. The van der Waals surface area contributed by atoms with Crippen molar-refractivity contribution in [3.63, 3.8) is 0 Å². The quantitative estimate of drug-likeness (QED) is 0.393. The number of nitrogens with one attached hydrogen (secondary N) is 1. The molecule has 0 saturated heterocycles. The van der Waals surface area contributed by atoms with Gasteiger partial charge in [-0.3, -0.25) is 0 Å². The molecular formula is C23H18Cl2N2O. The van der Waals surface area contributed by atoms with Crippen LogP contribution in [0.3, 0.4) is 0 Å². The Kier molecular flexibility index (Phi) is 5.12. The minimum atomic E-state index is 0.491. The molecule has 0 amide bonds. The summed E-state index contributed by atoms with van der Waals surface area (Å²) in [5, 5.41) is 0.994. The second-order valence-corrected chi connectivity index (χ2v) is 7.25. The summed E-state index contributed by atoms with van der Waals surface area (Å²) in [4.78, 5) is 8.36. The van der Waals surface area contributed by atoms with Gasteiger partial charge in [-0.15, -0.1) is 0 Å². The molecule has 5 heteroatoms. The molecular weight excluding hydrogens is 391 g/mol. The average Bonchev–Trinajstić information content (AvgIpc) is 3.16. The molecule has 1 heterocycles. The lowest BCUT2D eigenvalue weighted by atomic mass is 10.1. The highest BCUT2D eigenvalue weighted by Gasteiger charge is 2.18. The first-order valence-electron chi connectivity index (χ1n) is 8.83. The molecule has 28 heavy (non-hydrogen) atoms. The fraction of sp³-hybridized carbons (Fsp3) is 0.0870. The number of imidazole rings is 1. The van der Waals surface area contributed by atoms with Crippen LogP contribution in [-0.4, -0.2) is 17.1 Å². The summed E-state index contributed by atoms with van der Waals surface area (Å²) in [7, 11) is 1.67. The van der Waals surface area contributed by atoms with E-state index in [1.807, 2.05) is 61.5 Å². The first-order valence-corrected chi connectivity index (χ1v) is 9.59. The maximum atomic E-state index is 6.50. The monoisotopic (exact) mass is 408 g/mol. The lowest BCUT2D eigenvalue weighted by Crippen LogP contribution is -1.88. The van der Waals surface area contributed by atoms with E-state index in [1.54, 1.807) is 13.2 Å². The predicted octanol–water partition coefficient (Wildman–Crippen LogP) is 7.03. The third-order valence-corrected chi connectivity index (χ3v) is 5.46. The van der Waals surface area contributed by atoms with Crippen LogP contribution in [0, 0.1) is 6.92 Å². The van der Waals surface area contributed by atoms with Gasteiger partial charge in [-0.25, -0.2) is 4.98 Å². The largest absolute Gasteiger partial charge is 0.496 e. The van der Waals surface area contributed by atoms with Crippen LogP contribution in [0.5, 0.6) is 5.75 Å². The Morgan fingerprint density at radius 3 is 2.39 bits per heavy atom. The van der Waals surface area contributed by atoms with E-state index in [0.717, 1.165) is 45.2 Å². The molecule has 140 valence electrons. The van der Waals surface area contributed by atoms with Crippen LogP contribution >= 0.6 is 23.2 Å². The zero-order valence-electron chi connectivity index (χ0n) is 15.5. The summed E-state index contributed by atoms with van der Waals surface area (Å²) in [6.07, 6.45) is 0. The molecule has 0 spiro atoms. The number of ether oxygens (including phenoxy) is 1. The van der Waals surface area contributed by atoms with Crippen LogP contribution < -0.4 is 4.74 Å². The molecule has 1 N–H and O–H groups in total. The van der Waals surface area contributed by atoms with E-state index in [0.29, 0.717) is 10.0 Å². The van der Waals surface area contributed by atoms with Crippen LogP contribution in [0.4, 0.5) is 0 Å². The van der Waals surface area contributed by atoms with Crippen molar-refractivity contribution in [1.82, 2.24) is 9.97 Å². The number of nitrogens with zero attached hydrogens (tertiary/aromatic N) is 1. The second kappa shape index (κ2) is 7.70. The third-order valence-electron chi connectivity index (χ3n) is 4.64. The van der Waals surface area contributed by atoms with Crippen molar-refractivity contribution in [2.45, 2.75) is 6.92 Å². The second-order valence-electron chi connectivity index (χ2n) is 6.46. The normalized spacial score (nSPS) is 10.9. The number of hydrogen-bond donors (Lipinski definition) is 1. The van der Waals surface area contributed by atoms with Gasteiger partial charge in [0.25, 0.3) is 0 Å². The van der Waals surface area contributed by atoms with Crippen LogP contribution in [0.2, 0.25) is 10.0 Å². The molecule has 4 rings (SSSR count). The number of methoxy groups -OCH3 is 1. The predicted molar refractivity (Wildman–Crippen MR) is 116 cm³/mol. The molecule has 0 unspecified atom stereocenters. The number of aryl methyl sites for hydroxylation is 1. The number of aromatic nitrogens is 2. The van der Waals surface area contributed by atoms with E-state index < -0.39 is 0 Å². The summed E-state index contributed by atoms with van der Waals surface area (Å²) in [6.45, 7) is 2.01. The van der Waals surface area contributed by atoms with Crippen molar-refractivity contribution in [3.8, 4) is 39.7 Å². The Balaban J connectivity index is 1.92. The number of benzene rings is 3. The van der Waals surface area contributed by atoms with Crippen molar-refractivity contribution < 1.29 is 4.74 Å². The smallest absolute Gasteiger partial charge is 0.138 e. The Bertz CT molecular complexity index is 1140. The van der Waals surface area contributed by atoms with Gasteiger partial charge in [0.1, 0.15) is 11.6 Å². The summed E-state index contributed by atoms with van der Waals surface area (Å²) >= 11 is 12.8. The van der Waals surface area contributed by atoms with Crippen molar-refractivity contribution >= 4 is 23.2 Å². The molecule has 0 aliphatic rings. The number of H-pyrrole nitrogens is 1. The van der Waals surface area contributed by atoms with Crippen molar-refractivity contribution in [1.29, 1.82) is 0 Å². The molecule has 0 bridgehead atoms. The van der Waals surface area contributed by atoms with Crippen LogP contribution in [0.25, 0.3) is 33.9 Å². The van der Waals surface area contributed by atoms with E-state index in [-0.39, 0.29) is 0 Å².